The number of barbiturate groups is 1. The number of nitrogens with zero attached hydrogens (tertiary/aromatic N) is 1. The molecule has 2 aromatic carbocycles. The number of benzene rings is 2. The van der Waals surface area contributed by atoms with Crippen molar-refractivity contribution in [3.8, 4) is 11.5 Å². The number of rotatable bonds is 5. The van der Waals surface area contributed by atoms with E-state index in [2.05, 4.69) is 5.32 Å². The van der Waals surface area contributed by atoms with Crippen molar-refractivity contribution in [2.45, 2.75) is 13.3 Å². The molecule has 2 aromatic rings. The lowest BCUT2D eigenvalue weighted by molar-refractivity contribution is -0.122. The number of carbonyl (C=O) groups is 3. The standard InChI is InChI=1S/C20H17ClN2O5/c1-2-9-28-14-6-4-13(5-7-14)23-19(26)15(18(25)22-20(23)27)10-12-3-8-17(24)16(21)11-12/h3-8,10-11,24H,2,9H2,1H3,(H,22,25,27)/b15-10-. The number of anilines is 1. The molecule has 144 valence electrons. The summed E-state index contributed by atoms with van der Waals surface area (Å²) in [7, 11) is 0. The molecule has 28 heavy (non-hydrogen) atoms. The number of hydrogen-bond donors (Lipinski definition) is 2. The highest BCUT2D eigenvalue weighted by Crippen LogP contribution is 2.27. The molecular weight excluding hydrogens is 384 g/mol. The van der Waals surface area contributed by atoms with Gasteiger partial charge in [0.25, 0.3) is 11.8 Å². The van der Waals surface area contributed by atoms with Crippen molar-refractivity contribution in [2.75, 3.05) is 11.5 Å². The van der Waals surface area contributed by atoms with Gasteiger partial charge < -0.3 is 9.84 Å². The van der Waals surface area contributed by atoms with Crippen LogP contribution >= 0.6 is 11.6 Å². The Kier molecular flexibility index (Phi) is 5.65. The Morgan fingerprint density at radius 1 is 1.14 bits per heavy atom. The lowest BCUT2D eigenvalue weighted by atomic mass is 10.1. The van der Waals surface area contributed by atoms with Crippen molar-refractivity contribution in [3.05, 3.63) is 58.6 Å². The molecule has 1 saturated heterocycles. The zero-order valence-electron chi connectivity index (χ0n) is 14.9. The first-order valence-electron chi connectivity index (χ1n) is 8.53. The molecule has 0 aromatic heterocycles. The van der Waals surface area contributed by atoms with Crippen molar-refractivity contribution < 1.29 is 24.2 Å². The van der Waals surface area contributed by atoms with E-state index in [0.717, 1.165) is 11.3 Å². The summed E-state index contributed by atoms with van der Waals surface area (Å²) < 4.78 is 5.49. The van der Waals surface area contributed by atoms with E-state index < -0.39 is 17.8 Å². The average molecular weight is 401 g/mol. The van der Waals surface area contributed by atoms with Gasteiger partial charge in [0.2, 0.25) is 0 Å². The Balaban J connectivity index is 1.91. The van der Waals surface area contributed by atoms with E-state index >= 15 is 0 Å². The lowest BCUT2D eigenvalue weighted by Gasteiger charge is -2.26. The Labute approximate surface area is 166 Å². The fraction of sp³-hybridized carbons (Fsp3) is 0.150. The Morgan fingerprint density at radius 3 is 2.50 bits per heavy atom. The van der Waals surface area contributed by atoms with E-state index in [4.69, 9.17) is 16.3 Å². The number of phenolic OH excluding ortho intramolecular Hbond substituents is 1. The second-order valence-electron chi connectivity index (χ2n) is 6.01. The molecule has 1 aliphatic heterocycles. The number of imide groups is 2. The second kappa shape index (κ2) is 8.14. The van der Waals surface area contributed by atoms with Gasteiger partial charge in [-0.1, -0.05) is 24.6 Å². The molecule has 1 fully saturated rings. The van der Waals surface area contributed by atoms with Gasteiger partial charge in [-0.25, -0.2) is 9.69 Å². The topological polar surface area (TPSA) is 95.9 Å². The molecule has 0 aliphatic carbocycles. The van der Waals surface area contributed by atoms with Gasteiger partial charge in [-0.15, -0.1) is 0 Å². The van der Waals surface area contributed by atoms with Crippen LogP contribution < -0.4 is 15.0 Å². The van der Waals surface area contributed by atoms with E-state index in [0.29, 0.717) is 23.6 Å². The van der Waals surface area contributed by atoms with Crippen molar-refractivity contribution in [3.63, 3.8) is 0 Å². The molecule has 0 radical (unpaired) electrons. The van der Waals surface area contributed by atoms with Gasteiger partial charge >= 0.3 is 6.03 Å². The van der Waals surface area contributed by atoms with Crippen LogP contribution in [0.5, 0.6) is 11.5 Å². The number of amides is 4. The normalized spacial score (nSPS) is 15.7. The minimum atomic E-state index is -0.835. The molecule has 1 heterocycles. The number of nitrogens with one attached hydrogen (secondary N) is 1. The summed E-state index contributed by atoms with van der Waals surface area (Å²) >= 11 is 5.86. The molecule has 0 saturated carbocycles. The molecule has 0 spiro atoms. The summed E-state index contributed by atoms with van der Waals surface area (Å²) in [6, 6.07) is 9.83. The van der Waals surface area contributed by atoms with Gasteiger partial charge in [-0.3, -0.25) is 14.9 Å². The maximum atomic E-state index is 12.8. The van der Waals surface area contributed by atoms with Gasteiger partial charge in [0.15, 0.2) is 0 Å². The zero-order valence-corrected chi connectivity index (χ0v) is 15.7. The van der Waals surface area contributed by atoms with Crippen LogP contribution in [-0.2, 0) is 9.59 Å². The maximum Gasteiger partial charge on any atom is 0.335 e. The molecule has 0 atom stereocenters. The molecule has 1 aliphatic rings. The molecular formula is C20H17ClN2O5. The van der Waals surface area contributed by atoms with E-state index in [1.807, 2.05) is 6.92 Å². The van der Waals surface area contributed by atoms with Crippen LogP contribution in [0.2, 0.25) is 5.02 Å². The summed E-state index contributed by atoms with van der Waals surface area (Å²) in [5.74, 6) is -1.08. The zero-order chi connectivity index (χ0) is 20.3. The average Bonchev–Trinajstić information content (AvgIpc) is 2.67. The Hall–Kier alpha value is -3.32. The van der Waals surface area contributed by atoms with E-state index in [9.17, 15) is 19.5 Å². The van der Waals surface area contributed by atoms with E-state index in [1.54, 1.807) is 24.3 Å². The van der Waals surface area contributed by atoms with Gasteiger partial charge in [0.1, 0.15) is 17.1 Å². The fourth-order valence-electron chi connectivity index (χ4n) is 2.58. The highest BCUT2D eigenvalue weighted by molar-refractivity contribution is 6.39. The molecule has 3 rings (SSSR count). The smallest absolute Gasteiger partial charge is 0.335 e. The predicted molar refractivity (Wildman–Crippen MR) is 104 cm³/mol. The van der Waals surface area contributed by atoms with E-state index in [1.165, 1.54) is 24.3 Å². The van der Waals surface area contributed by atoms with Gasteiger partial charge in [-0.05, 0) is 54.5 Å². The molecule has 0 unspecified atom stereocenters. The third kappa shape index (κ3) is 3.99. The van der Waals surface area contributed by atoms with Crippen LogP contribution in [0.1, 0.15) is 18.9 Å². The van der Waals surface area contributed by atoms with Crippen molar-refractivity contribution >= 4 is 41.2 Å². The van der Waals surface area contributed by atoms with Gasteiger partial charge in [0.05, 0.1) is 17.3 Å². The molecule has 4 amide bonds. The third-order valence-corrected chi connectivity index (χ3v) is 4.25. The van der Waals surface area contributed by atoms with Crippen LogP contribution in [0, 0.1) is 0 Å². The summed E-state index contributed by atoms with van der Waals surface area (Å²) in [4.78, 5) is 38.1. The maximum absolute atomic E-state index is 12.8. The van der Waals surface area contributed by atoms with E-state index in [-0.39, 0.29) is 16.3 Å². The molecule has 7 nitrogen and oxygen atoms in total. The van der Waals surface area contributed by atoms with Gasteiger partial charge in [-0.2, -0.15) is 0 Å². The highest BCUT2D eigenvalue weighted by atomic mass is 35.5. The number of carbonyl (C=O) groups excluding carboxylic acids is 3. The third-order valence-electron chi connectivity index (χ3n) is 3.95. The number of aromatic hydroxyl groups is 1. The van der Waals surface area contributed by atoms with Crippen LogP contribution in [0.25, 0.3) is 6.08 Å². The Bertz CT molecular complexity index is 969. The SMILES string of the molecule is CCCOc1ccc(N2C(=O)NC(=O)/C(=C/c3ccc(O)c(Cl)c3)C2=O)cc1. The van der Waals surface area contributed by atoms with Crippen LogP contribution in [0.4, 0.5) is 10.5 Å². The summed E-state index contributed by atoms with van der Waals surface area (Å²) in [5, 5.41) is 11.7. The largest absolute Gasteiger partial charge is 0.506 e. The molecule has 8 heteroatoms. The first kappa shape index (κ1) is 19.4. The highest BCUT2D eigenvalue weighted by Gasteiger charge is 2.36. The number of halogens is 1. The number of phenols is 1. The minimum absolute atomic E-state index is 0.0774. The molecule has 0 bridgehead atoms. The van der Waals surface area contributed by atoms with Crippen LogP contribution in [0.3, 0.4) is 0 Å². The van der Waals surface area contributed by atoms with Crippen molar-refractivity contribution in [1.29, 1.82) is 0 Å². The fourth-order valence-corrected chi connectivity index (χ4v) is 2.77. The minimum Gasteiger partial charge on any atom is -0.506 e. The van der Waals surface area contributed by atoms with Crippen molar-refractivity contribution in [2.24, 2.45) is 0 Å². The Morgan fingerprint density at radius 2 is 1.86 bits per heavy atom. The predicted octanol–water partition coefficient (Wildman–Crippen LogP) is 3.50. The van der Waals surface area contributed by atoms with Crippen LogP contribution in [0.15, 0.2) is 48.0 Å². The monoisotopic (exact) mass is 400 g/mol. The number of urea groups is 1. The van der Waals surface area contributed by atoms with Crippen molar-refractivity contribution in [1.82, 2.24) is 5.32 Å². The van der Waals surface area contributed by atoms with Crippen LogP contribution in [-0.4, -0.2) is 29.6 Å². The number of hydrogen-bond acceptors (Lipinski definition) is 5. The van der Waals surface area contributed by atoms with Gasteiger partial charge in [0, 0.05) is 0 Å². The lowest BCUT2D eigenvalue weighted by Crippen LogP contribution is -2.54. The first-order chi connectivity index (χ1) is 13.4. The summed E-state index contributed by atoms with van der Waals surface area (Å²) in [6.45, 7) is 2.54. The first-order valence-corrected chi connectivity index (χ1v) is 8.91. The summed E-state index contributed by atoms with van der Waals surface area (Å²) in [6.07, 6.45) is 2.16. The summed E-state index contributed by atoms with van der Waals surface area (Å²) in [5.41, 5.74) is 0.500. The quantitative estimate of drug-likeness (QED) is 0.591. The second-order valence-corrected chi connectivity index (χ2v) is 6.42. The number of ether oxygens (including phenoxy) is 1. The molecule has 2 N–H and O–H groups in total.